The van der Waals surface area contributed by atoms with Crippen LogP contribution >= 0.6 is 11.8 Å². The number of aliphatic hydroxyl groups is 8. The lowest BCUT2D eigenvalue weighted by molar-refractivity contribution is -0.393. The second-order valence-corrected chi connectivity index (χ2v) is 26.7. The molecule has 21 atom stereocenters. The highest BCUT2D eigenvalue weighted by Crippen LogP contribution is 2.42. The maximum absolute atomic E-state index is 14.2. The normalized spacial score (nSPS) is 30.2. The molecule has 5 aliphatic rings. The predicted molar refractivity (Wildman–Crippen MR) is 357 cm³/mol. The number of nitrogens with zero attached hydrogens (tertiary/aromatic N) is 4. The third-order valence-electron chi connectivity index (χ3n) is 17.8. The van der Waals surface area contributed by atoms with E-state index in [0.717, 1.165) is 37.6 Å². The van der Waals surface area contributed by atoms with Crippen molar-refractivity contribution in [3.8, 4) is 22.5 Å². The first-order valence-corrected chi connectivity index (χ1v) is 35.2. The molecular weight excluding hydrogens is 1380 g/mol. The molecule has 35 nitrogen and oxygen atoms in total. The Balaban J connectivity index is 0.815. The molecule has 0 bridgehead atoms. The molecule has 0 radical (unpaired) electrons. The molecule has 4 saturated heterocycles. The van der Waals surface area contributed by atoms with E-state index in [1.54, 1.807) is 9.58 Å². The summed E-state index contributed by atoms with van der Waals surface area (Å²) >= 11 is 1.54. The van der Waals surface area contributed by atoms with Gasteiger partial charge in [-0.3, -0.25) is 33.6 Å². The Morgan fingerprint density at radius 1 is 0.641 bits per heavy atom. The summed E-state index contributed by atoms with van der Waals surface area (Å²) in [5.41, 5.74) is 4.32. The Hall–Kier alpha value is -6.18. The smallest absolute Gasteiger partial charge is 0.295 e. The summed E-state index contributed by atoms with van der Waals surface area (Å²) in [5, 5.41) is 106. The van der Waals surface area contributed by atoms with Crippen LogP contribution in [-0.4, -0.2) is 305 Å². The third-order valence-corrected chi connectivity index (χ3v) is 19.3. The molecule has 8 rings (SSSR count). The number of aromatic nitrogens is 3. The van der Waals surface area contributed by atoms with Crippen molar-refractivity contribution >= 4 is 59.1 Å². The second-order valence-electron chi connectivity index (χ2n) is 25.4. The predicted octanol–water partition coefficient (Wildman–Crippen LogP) is -2.36. The summed E-state index contributed by atoms with van der Waals surface area (Å²) in [7, 11) is 2.36. The number of ketones is 2. The molecule has 0 saturated carbocycles. The van der Waals surface area contributed by atoms with Crippen molar-refractivity contribution in [1.82, 2.24) is 30.9 Å². The van der Waals surface area contributed by atoms with Gasteiger partial charge in [-0.25, -0.2) is 4.68 Å². The first kappa shape index (κ1) is 82.5. The maximum Gasteiger partial charge on any atom is 0.295 e. The Morgan fingerprint density at radius 3 is 1.82 bits per heavy atom. The molecule has 3 aromatic rings. The fourth-order valence-corrected chi connectivity index (χ4v) is 13.7. The average Bonchev–Trinajstić information content (AvgIpc) is 1.75. The minimum atomic E-state index is -2.18. The number of hydrogen-bond donors (Lipinski definition) is 11. The number of benzene rings is 2. The molecule has 2 aromatic carbocycles. The summed E-state index contributed by atoms with van der Waals surface area (Å²) in [6.45, 7) is 7.13. The topological polar surface area (TPSA) is 471 Å². The lowest BCUT2D eigenvalue weighted by Gasteiger charge is -2.50. The van der Waals surface area contributed by atoms with Crippen LogP contribution in [0.15, 0.2) is 48.5 Å². The number of aliphatic hydroxyl groups excluding tert-OH is 8. The van der Waals surface area contributed by atoms with Crippen molar-refractivity contribution < 1.29 is 136 Å². The van der Waals surface area contributed by atoms with Crippen molar-refractivity contribution in [2.45, 2.75) is 220 Å². The van der Waals surface area contributed by atoms with Gasteiger partial charge in [0.05, 0.1) is 82.6 Å². The number of ether oxygens (including phenoxy) is 13. The monoisotopic (exact) mass is 1480 g/mol. The summed E-state index contributed by atoms with van der Waals surface area (Å²) in [4.78, 5) is 92.5. The Bertz CT molecular complexity index is 3250. The van der Waals surface area contributed by atoms with E-state index >= 15 is 0 Å². The average molecular weight is 1480 g/mol. The SMILES string of the molecule is CCC(SCCCC(=O)CCC(=O)N1Cc2ccccc2-c2nnn(CCOCCOCCOCCC(=O)C3O[C@@H](O[C@@H]4C(NC(C)=O)[C@H](O[C@@H]5C(OC=O)OC(O[C@H]6[C@H](O)C(CO)OC(OC)[C@H]6NC(C)=O)[C@@H](O)[C@H]5O)OC(CO)[C@H]4O)C(O)[C@@H](O)[C@@H]3OC)c2-c2ccccc21)C(=O)NC(C)C. The van der Waals surface area contributed by atoms with Crippen molar-refractivity contribution in [2.24, 2.45) is 0 Å². The number of hydrogen-bond acceptors (Lipinski definition) is 31. The maximum atomic E-state index is 14.2. The standard InChI is InChI=1S/C67H97N7O28S/c1-8-45(62(89)68-34(2)3)103-29-13-15-38(80)19-20-46(82)73-30-37-14-9-10-16-39(37)47-50(40-17-11-12-18-41(40)73)74(72-71-47)22-24-93-26-28-94-27-25-92-23-21-42(81)57-60(90-6)53(85)55(87)65(98-57)99-59-49(70-36(5)79)64(97-44(32-76)52(59)84)101-61-54(86)56(88)66(102-67(61)95-33-77)100-58-48(69-35(4)78)63(91-7)96-43(31-75)51(58)83/h9-12,14,16-18,33-34,43-45,48-49,51-61,63-67,75-76,83-88H,8,13,15,19-32H2,1-7H3,(H,68,89)(H,69,78)(H,70,79)/t43?,44?,45?,48-,49?,51+,52+,53+,54+,55?,56-,57?,58+,59+,60-,61-,63?,64-,65-,66?,67?/m0/s1. The number of rotatable bonds is 38. The van der Waals surface area contributed by atoms with Crippen molar-refractivity contribution in [2.75, 3.05) is 77.7 Å². The minimum Gasteiger partial charge on any atom is -0.435 e. The lowest BCUT2D eigenvalue weighted by Crippen LogP contribution is -2.70. The highest BCUT2D eigenvalue weighted by molar-refractivity contribution is 8.00. The van der Waals surface area contributed by atoms with Crippen LogP contribution in [0.25, 0.3) is 22.5 Å². The van der Waals surface area contributed by atoms with Crippen LogP contribution in [0.5, 0.6) is 0 Å². The van der Waals surface area contributed by atoms with Gasteiger partial charge in [-0.15, -0.1) is 16.9 Å². The largest absolute Gasteiger partial charge is 0.435 e. The van der Waals surface area contributed by atoms with Crippen LogP contribution in [0.3, 0.4) is 0 Å². The molecule has 4 amide bonds. The van der Waals surface area contributed by atoms with E-state index in [2.05, 4.69) is 26.3 Å². The highest BCUT2D eigenvalue weighted by Gasteiger charge is 2.57. The van der Waals surface area contributed by atoms with E-state index in [9.17, 15) is 74.4 Å². The van der Waals surface area contributed by atoms with E-state index in [1.807, 2.05) is 69.3 Å². The van der Waals surface area contributed by atoms with Gasteiger partial charge in [-0.2, -0.15) is 0 Å². The van der Waals surface area contributed by atoms with Gasteiger partial charge in [0, 0.05) is 70.9 Å². The summed E-state index contributed by atoms with van der Waals surface area (Å²) in [5.74, 6) is -1.74. The first-order valence-electron chi connectivity index (χ1n) is 34.2. The van der Waals surface area contributed by atoms with Crippen LogP contribution in [0.4, 0.5) is 5.69 Å². The van der Waals surface area contributed by atoms with E-state index in [-0.39, 0.29) is 107 Å². The third kappa shape index (κ3) is 21.1. The number of Topliss-reactive ketones (excluding diaryl/α,β-unsaturated/α-hetero) is 2. The molecular formula is C67H97N7O28S. The van der Waals surface area contributed by atoms with Crippen molar-refractivity contribution in [3.63, 3.8) is 0 Å². The van der Waals surface area contributed by atoms with E-state index in [4.69, 9.17) is 61.6 Å². The van der Waals surface area contributed by atoms with E-state index in [0.29, 0.717) is 42.1 Å². The molecule has 103 heavy (non-hydrogen) atoms. The molecule has 574 valence electrons. The van der Waals surface area contributed by atoms with Crippen molar-refractivity contribution in [1.29, 1.82) is 0 Å². The fraction of sp³-hybridized carbons (Fsp3) is 0.687. The molecule has 5 aliphatic heterocycles. The van der Waals surface area contributed by atoms with Gasteiger partial charge in [-0.1, -0.05) is 54.6 Å². The van der Waals surface area contributed by atoms with Crippen LogP contribution < -0.4 is 20.9 Å². The van der Waals surface area contributed by atoms with Gasteiger partial charge >= 0.3 is 0 Å². The number of thioether (sulfide) groups is 1. The zero-order chi connectivity index (χ0) is 74.6. The Labute approximate surface area is 598 Å². The number of para-hydroxylation sites is 1. The molecule has 1 aromatic heterocycles. The number of carbonyl (C=O) groups is 7. The van der Waals surface area contributed by atoms with E-state index < -0.39 is 154 Å². The quantitative estimate of drug-likeness (QED) is 0.0211. The number of anilines is 1. The molecule has 0 aliphatic carbocycles. The van der Waals surface area contributed by atoms with Gasteiger partial charge in [0.1, 0.15) is 96.8 Å². The van der Waals surface area contributed by atoms with Gasteiger partial charge < -0.3 is 123 Å². The summed E-state index contributed by atoms with van der Waals surface area (Å²) in [6.07, 6.45) is -31.4. The van der Waals surface area contributed by atoms with Gasteiger partial charge in [0.2, 0.25) is 29.9 Å². The van der Waals surface area contributed by atoms with Gasteiger partial charge in [-0.05, 0) is 44.1 Å². The number of methoxy groups -OCH3 is 2. The number of nitrogens with one attached hydrogen (secondary N) is 3. The highest BCUT2D eigenvalue weighted by atomic mass is 32.2. The zero-order valence-electron chi connectivity index (χ0n) is 58.4. The van der Waals surface area contributed by atoms with Crippen molar-refractivity contribution in [3.05, 3.63) is 54.1 Å². The van der Waals surface area contributed by atoms with E-state index in [1.165, 1.54) is 18.9 Å². The number of amides is 4. The Kier molecular flexibility index (Phi) is 32.0. The lowest BCUT2D eigenvalue weighted by atomic mass is 9.93. The fourth-order valence-electron chi connectivity index (χ4n) is 12.7. The summed E-state index contributed by atoms with van der Waals surface area (Å²) < 4.78 is 76.0. The zero-order valence-corrected chi connectivity index (χ0v) is 59.2. The minimum absolute atomic E-state index is 0.00850. The van der Waals surface area contributed by atoms with Crippen LogP contribution in [0, 0.1) is 0 Å². The second kappa shape index (κ2) is 40.0. The Morgan fingerprint density at radius 2 is 1.21 bits per heavy atom. The van der Waals surface area contributed by atoms with Gasteiger partial charge in [0.25, 0.3) is 6.47 Å². The molecule has 11 N–H and O–H groups in total. The van der Waals surface area contributed by atoms with Crippen LogP contribution in [0.2, 0.25) is 0 Å². The molecule has 9 unspecified atom stereocenters. The van der Waals surface area contributed by atoms with Crippen LogP contribution in [-0.2, 0) is 108 Å². The molecule has 6 heterocycles. The number of fused-ring (bicyclic) bond motifs is 5. The number of carbonyl (C=O) groups excluding carboxylic acids is 7. The van der Waals surface area contributed by atoms with Crippen LogP contribution in [0.1, 0.15) is 78.7 Å². The summed E-state index contributed by atoms with van der Waals surface area (Å²) in [6, 6.07) is 12.1. The molecule has 4 fully saturated rings. The first-order chi connectivity index (χ1) is 49.5. The van der Waals surface area contributed by atoms with Gasteiger partial charge in [0.15, 0.2) is 37.0 Å². The molecule has 36 heteroatoms. The molecule has 0 spiro atoms.